The van der Waals surface area contributed by atoms with Crippen LogP contribution in [0.2, 0.25) is 0 Å². The molecule has 0 aromatic heterocycles. The molecular weight excluding hydrogens is 1380 g/mol. The van der Waals surface area contributed by atoms with Crippen LogP contribution in [0.3, 0.4) is 0 Å². The van der Waals surface area contributed by atoms with Gasteiger partial charge in [0, 0.05) is 88.2 Å². The number of benzene rings is 7. The topological polar surface area (TPSA) is 85.3 Å². The van der Waals surface area contributed by atoms with Crippen LogP contribution in [0.1, 0.15) is 201 Å². The van der Waals surface area contributed by atoms with E-state index >= 15 is 0 Å². The maximum atomic E-state index is 14.8. The van der Waals surface area contributed by atoms with Crippen LogP contribution in [0.25, 0.3) is 0 Å². The molecule has 7 aromatic carbocycles. The van der Waals surface area contributed by atoms with Crippen molar-refractivity contribution in [2.24, 2.45) is 23.7 Å². The Hall–Kier alpha value is -4.34. The standard InChI is InChI=1S/C20H23NO.C14H17F.C14H17NO.C14H18O.C13H16FN.C6H5.C4H8O.C2H6.CH2Cl2.BrH.Mg/c22-20(17-9-5-2-6-10-17)13-18-11-12-19(14-20)21(18)15-16-7-3-1-4-8-16;15-14(13-4-2-1-3-5-13)9-11-6-7-12(8-11)10-14;16-14-8-12-6-7-13(9-14)15(12)10-11-4-2-1-3-5-11;15-14(13-4-2-1-3-5-13)9-11-6-7-12(8-11)10-14;14-13(10-4-2-1-3-5-10)8-11-6-7-12(9-13)15-11;1-2-4-6-5-3-1;1-2-4-5-3-1;1-2;2-1-3;;/h1-10,18-19,22H,11-15H2;1-5,11-12H,6-10H2;1-5,12-13H,6-10H2;1-5,11-12,15H,6-10H2;1-5,11-12,15H,6-9H2;1-5H;1-4H2;1-2H3;1H2;1H;/q;;;;;-1;;;;;+2/p-1. The second-order valence-electron chi connectivity index (χ2n) is 29.8. The maximum absolute atomic E-state index is 14.8. The summed E-state index contributed by atoms with van der Waals surface area (Å²) in [6.45, 7) is 8.03. The average molecular weight is 1490 g/mol. The predicted molar refractivity (Wildman–Crippen MR) is 409 cm³/mol. The molecule has 13 heteroatoms. The molecule has 7 nitrogen and oxygen atoms in total. The summed E-state index contributed by atoms with van der Waals surface area (Å²) in [5.41, 5.74) is 3.46. The Morgan fingerprint density at radius 3 is 1.11 bits per heavy atom. The molecule has 101 heavy (non-hydrogen) atoms. The fourth-order valence-corrected chi connectivity index (χ4v) is 18.5. The first-order valence-corrected chi connectivity index (χ1v) is 38.9. The van der Waals surface area contributed by atoms with Gasteiger partial charge in [0.25, 0.3) is 0 Å². The van der Waals surface area contributed by atoms with Gasteiger partial charge in [-0.3, -0.25) is 14.6 Å². The Balaban J connectivity index is 0.000000152. The third-order valence-electron chi connectivity index (χ3n) is 22.9. The van der Waals surface area contributed by atoms with Gasteiger partial charge >= 0.3 is 23.1 Å². The number of ketones is 1. The Kier molecular flexibility index (Phi) is 33.8. The Morgan fingerprint density at radius 2 is 0.762 bits per heavy atom. The number of rotatable bonds is 8. The van der Waals surface area contributed by atoms with Crippen molar-refractivity contribution in [1.82, 2.24) is 15.1 Å². The zero-order valence-electron chi connectivity index (χ0n) is 60.2. The summed E-state index contributed by atoms with van der Waals surface area (Å²) in [6.07, 6.45) is 25.5. The van der Waals surface area contributed by atoms with Crippen molar-refractivity contribution in [3.8, 4) is 0 Å². The monoisotopic (exact) mass is 1490 g/mol. The number of carbonyl (C=O) groups is 1. The van der Waals surface area contributed by atoms with E-state index in [0.29, 0.717) is 66.7 Å². The second-order valence-corrected chi connectivity index (χ2v) is 30.7. The molecule has 7 saturated heterocycles. The van der Waals surface area contributed by atoms with E-state index < -0.39 is 22.5 Å². The van der Waals surface area contributed by atoms with Crippen molar-refractivity contribution in [2.75, 3.05) is 18.6 Å². The number of halogens is 5. The van der Waals surface area contributed by atoms with E-state index in [1.54, 1.807) is 0 Å². The number of hydrogen-bond donors (Lipinski definition) is 3. The molecule has 4 saturated carbocycles. The summed E-state index contributed by atoms with van der Waals surface area (Å²) in [5, 5.41) is 25.6. The zero-order valence-corrected chi connectivity index (χ0v) is 64.7. The first-order chi connectivity index (χ1) is 48.3. The minimum atomic E-state index is -1.08. The molecule has 11 aliphatic rings. The van der Waals surface area contributed by atoms with Crippen molar-refractivity contribution in [1.29, 1.82) is 0 Å². The molecule has 3 N–H and O–H groups in total. The molecule has 7 heterocycles. The van der Waals surface area contributed by atoms with Crippen molar-refractivity contribution in [2.45, 2.75) is 240 Å². The van der Waals surface area contributed by atoms with E-state index in [9.17, 15) is 23.8 Å². The van der Waals surface area contributed by atoms with Gasteiger partial charge < -0.3 is 37.2 Å². The van der Waals surface area contributed by atoms with Crippen LogP contribution in [-0.4, -0.2) is 104 Å². The van der Waals surface area contributed by atoms with Crippen LogP contribution in [0.5, 0.6) is 0 Å². The molecule has 18 rings (SSSR count). The molecule has 0 amide bonds. The largest absolute Gasteiger partial charge is 2.00 e. The normalized spacial score (nSPS) is 30.9. The van der Waals surface area contributed by atoms with Crippen molar-refractivity contribution >= 4 is 52.0 Å². The maximum Gasteiger partial charge on any atom is 2.00 e. The SMILES string of the molecule is C1CCOC1.CC.ClCCl.FC1(c2ccccc2)CC2CCC(C1)N2.FC1(c2ccccc2)CC2CCC(C2)C1.O=C1CC2CCC(C1)N2Cc1ccccc1.OC1(c2ccccc2)CC2CCC(C1)N2Cc1ccccc1.OC1(c2ccccc2)CC2CCC(C2)C1.[Br-].[Mg+2].[c-]1ccccc1. The minimum absolute atomic E-state index is 0. The number of aliphatic hydroxyl groups is 2. The number of Topliss-reactive ketones (excluding diaryl/α,β-unsaturated/α-hetero) is 1. The van der Waals surface area contributed by atoms with Crippen LogP contribution in [-0.2, 0) is 45.2 Å². The van der Waals surface area contributed by atoms with Crippen LogP contribution in [0, 0.1) is 29.7 Å². The molecule has 7 aromatic rings. The van der Waals surface area contributed by atoms with Gasteiger partial charge in [-0.1, -0.05) is 222 Å². The van der Waals surface area contributed by atoms with E-state index in [0.717, 1.165) is 125 Å². The van der Waals surface area contributed by atoms with Crippen molar-refractivity contribution in [3.63, 3.8) is 0 Å². The van der Waals surface area contributed by atoms with Crippen LogP contribution in [0.15, 0.2) is 212 Å². The summed E-state index contributed by atoms with van der Waals surface area (Å²) in [5.74, 6) is 3.31. The molecule has 4 aliphatic carbocycles. The number of fused-ring (bicyclic) bond motifs is 10. The predicted octanol–water partition coefficient (Wildman–Crippen LogP) is 17.3. The Labute approximate surface area is 641 Å². The number of carbonyl (C=O) groups excluding carboxylic acids is 1. The van der Waals surface area contributed by atoms with Gasteiger partial charge in [0.05, 0.1) is 16.5 Å². The molecule has 10 atom stereocenters. The average Bonchev–Trinajstić information content (AvgIpc) is 1.70. The van der Waals surface area contributed by atoms with E-state index in [4.69, 9.17) is 27.9 Å². The van der Waals surface area contributed by atoms with Crippen molar-refractivity contribution < 1.29 is 45.5 Å². The van der Waals surface area contributed by atoms with E-state index in [1.807, 2.05) is 141 Å². The third-order valence-corrected chi connectivity index (χ3v) is 22.9. The van der Waals surface area contributed by atoms with Gasteiger partial charge in [-0.2, -0.15) is 36.4 Å². The number of ether oxygens (including phenoxy) is 1. The summed E-state index contributed by atoms with van der Waals surface area (Å²) in [6, 6.07) is 76.5. The molecule has 7 aliphatic heterocycles. The summed E-state index contributed by atoms with van der Waals surface area (Å²) in [7, 11) is 0. The number of alkyl halides is 4. The zero-order chi connectivity index (χ0) is 69.3. The Bertz CT molecular complexity index is 3120. The molecule has 0 spiro atoms. The van der Waals surface area contributed by atoms with Crippen LogP contribution in [0.4, 0.5) is 8.78 Å². The number of piperidine rings is 3. The quantitative estimate of drug-likeness (QED) is 0.0794. The van der Waals surface area contributed by atoms with E-state index in [2.05, 4.69) is 106 Å². The summed E-state index contributed by atoms with van der Waals surface area (Å²) < 4.78 is 34.6. The summed E-state index contributed by atoms with van der Waals surface area (Å²) >= 11 is 9.53. The smallest absolute Gasteiger partial charge is 1.00 e. The van der Waals surface area contributed by atoms with Gasteiger partial charge in [-0.15, -0.1) is 23.2 Å². The van der Waals surface area contributed by atoms with Gasteiger partial charge in [0.1, 0.15) is 17.1 Å². The molecule has 10 bridgehead atoms. The molecular formula is C88H112BrCl2F2MgN3O4. The van der Waals surface area contributed by atoms with Gasteiger partial charge in [-0.05, 0) is 160 Å². The van der Waals surface area contributed by atoms with E-state index in [-0.39, 0.29) is 45.4 Å². The number of nitrogens with zero attached hydrogens (tertiary/aromatic N) is 2. The van der Waals surface area contributed by atoms with Gasteiger partial charge in [0.15, 0.2) is 0 Å². The first-order valence-electron chi connectivity index (χ1n) is 37.8. The molecule has 0 radical (unpaired) electrons. The van der Waals surface area contributed by atoms with Crippen LogP contribution >= 0.6 is 23.2 Å². The first kappa shape index (κ1) is 82.3. The molecule has 540 valence electrons. The van der Waals surface area contributed by atoms with Gasteiger partial charge in [0.2, 0.25) is 0 Å². The van der Waals surface area contributed by atoms with E-state index in [1.165, 1.54) is 88.2 Å². The fraction of sp³-hybridized carbons (Fsp3) is 0.511. The number of hydrogen-bond acceptors (Lipinski definition) is 7. The minimum Gasteiger partial charge on any atom is -1.00 e. The summed E-state index contributed by atoms with van der Waals surface area (Å²) in [4.78, 5) is 16.7. The van der Waals surface area contributed by atoms with Crippen LogP contribution < -0.4 is 22.3 Å². The molecule has 11 fully saturated rings. The second kappa shape index (κ2) is 41.5. The van der Waals surface area contributed by atoms with Gasteiger partial charge in [-0.25, -0.2) is 8.78 Å². The third kappa shape index (κ3) is 23.8. The molecule has 10 unspecified atom stereocenters. The Morgan fingerprint density at radius 1 is 0.446 bits per heavy atom. The number of nitrogens with one attached hydrogen (secondary N) is 1. The van der Waals surface area contributed by atoms with Crippen molar-refractivity contribution in [3.05, 3.63) is 252 Å². The fourth-order valence-electron chi connectivity index (χ4n) is 18.5.